The fraction of sp³-hybridized carbons (Fsp3) is 0.0769. The summed E-state index contributed by atoms with van der Waals surface area (Å²) in [5, 5.41) is 0. The monoisotopic (exact) mass is 316 g/mol. The van der Waals surface area contributed by atoms with E-state index < -0.39 is 10.3 Å². The van der Waals surface area contributed by atoms with Crippen molar-refractivity contribution in [2.24, 2.45) is 5.84 Å². The Morgan fingerprint density at radius 2 is 1.62 bits per heavy atom. The van der Waals surface area contributed by atoms with Crippen molar-refractivity contribution in [1.82, 2.24) is 0 Å². The molecule has 0 spiro atoms. The molecule has 0 amide bonds. The largest absolute Gasteiger partial charge is 1.00 e. The molecule has 6 nitrogen and oxygen atoms in total. The second-order valence-corrected chi connectivity index (χ2v) is 5.27. The van der Waals surface area contributed by atoms with E-state index in [2.05, 4.69) is 0 Å². The second kappa shape index (κ2) is 7.79. The molecule has 0 fully saturated rings. The maximum absolute atomic E-state index is 10.7. The third kappa shape index (κ3) is 5.31. The minimum absolute atomic E-state index is 0. The van der Waals surface area contributed by atoms with Crippen LogP contribution in [0.2, 0.25) is 0 Å². The van der Waals surface area contributed by atoms with Gasteiger partial charge in [0.15, 0.2) is 10.3 Å². The zero-order valence-electron chi connectivity index (χ0n) is 11.5. The van der Waals surface area contributed by atoms with E-state index in [1.165, 1.54) is 12.1 Å². The van der Waals surface area contributed by atoms with Crippen LogP contribution in [0.4, 0.5) is 5.69 Å². The molecule has 2 aromatic rings. The van der Waals surface area contributed by atoms with Crippen LogP contribution in [-0.4, -0.2) is 13.0 Å². The fourth-order valence-electron chi connectivity index (χ4n) is 1.56. The van der Waals surface area contributed by atoms with Crippen molar-refractivity contribution in [2.75, 3.05) is 4.41 Å². The van der Waals surface area contributed by atoms with Crippen molar-refractivity contribution in [3.63, 3.8) is 0 Å². The van der Waals surface area contributed by atoms with Gasteiger partial charge in [0.1, 0.15) is 12.4 Å². The number of rotatable bonds is 5. The number of benzene rings is 2. The summed E-state index contributed by atoms with van der Waals surface area (Å²) >= 11 is 0. The summed E-state index contributed by atoms with van der Waals surface area (Å²) < 4.78 is 37.9. The number of hydrogen-bond donors (Lipinski definition) is 1. The zero-order valence-corrected chi connectivity index (χ0v) is 14.3. The molecular weight excluding hydrogens is 303 g/mol. The Morgan fingerprint density at radius 3 is 2.14 bits per heavy atom. The Hall–Kier alpha value is -1.09. The first kappa shape index (κ1) is 18.0. The maximum atomic E-state index is 10.7. The van der Waals surface area contributed by atoms with Gasteiger partial charge in [0.25, 0.3) is 0 Å². The van der Waals surface area contributed by atoms with Crippen molar-refractivity contribution < 1.29 is 47.3 Å². The fourth-order valence-corrected chi connectivity index (χ4v) is 1.94. The van der Waals surface area contributed by atoms with Crippen molar-refractivity contribution in [3.8, 4) is 5.75 Å². The van der Waals surface area contributed by atoms with Crippen LogP contribution in [0.1, 0.15) is 5.56 Å². The van der Waals surface area contributed by atoms with Crippen LogP contribution in [0.5, 0.6) is 5.75 Å². The van der Waals surface area contributed by atoms with Crippen LogP contribution in [0.15, 0.2) is 54.6 Å². The first-order valence-corrected chi connectivity index (χ1v) is 7.11. The standard InChI is InChI=1S/C13H14N2O4S.Na/c14-15(20(16,17)18)12-6-8-13(9-7-12)19-10-11-4-2-1-3-5-11;/h1-9H,10,14H2,(H,16,17,18);/q;+1/p-1. The Morgan fingerprint density at radius 1 is 1.05 bits per heavy atom. The van der Waals surface area contributed by atoms with Gasteiger partial charge in [0.2, 0.25) is 0 Å². The van der Waals surface area contributed by atoms with Gasteiger partial charge < -0.3 is 9.29 Å². The molecule has 0 aliphatic heterocycles. The summed E-state index contributed by atoms with van der Waals surface area (Å²) in [5.74, 6) is 5.73. The number of nitrogens with zero attached hydrogens (tertiary/aromatic N) is 1. The van der Waals surface area contributed by atoms with Crippen LogP contribution in [0.25, 0.3) is 0 Å². The third-order valence-corrected chi connectivity index (χ3v) is 3.27. The van der Waals surface area contributed by atoms with Crippen molar-refractivity contribution in [3.05, 3.63) is 60.2 Å². The van der Waals surface area contributed by atoms with E-state index in [-0.39, 0.29) is 39.7 Å². The van der Waals surface area contributed by atoms with Gasteiger partial charge in [0.05, 0.1) is 5.69 Å². The molecule has 0 aliphatic carbocycles. The number of hydrogen-bond acceptors (Lipinski definition) is 5. The summed E-state index contributed by atoms with van der Waals surface area (Å²) in [6, 6.07) is 15.5. The first-order valence-electron chi connectivity index (χ1n) is 5.74. The minimum Gasteiger partial charge on any atom is -0.730 e. The first-order chi connectivity index (χ1) is 9.47. The van der Waals surface area contributed by atoms with Crippen LogP contribution < -0.4 is 44.6 Å². The Kier molecular flexibility index (Phi) is 6.66. The zero-order chi connectivity index (χ0) is 14.6. The van der Waals surface area contributed by atoms with Gasteiger partial charge in [-0.2, -0.15) is 0 Å². The third-order valence-electron chi connectivity index (χ3n) is 2.58. The molecule has 2 rings (SSSR count). The molecule has 0 aromatic heterocycles. The number of anilines is 1. The predicted octanol–water partition coefficient (Wildman–Crippen LogP) is -1.59. The SMILES string of the molecule is NN(c1ccc(OCc2ccccc2)cc1)S(=O)(=O)[O-].[Na+]. The Bertz CT molecular complexity index is 662. The second-order valence-electron chi connectivity index (χ2n) is 4.02. The minimum atomic E-state index is -4.70. The van der Waals surface area contributed by atoms with E-state index in [0.717, 1.165) is 5.56 Å². The van der Waals surface area contributed by atoms with Gasteiger partial charge in [-0.25, -0.2) is 18.7 Å². The van der Waals surface area contributed by atoms with E-state index in [0.29, 0.717) is 12.4 Å². The molecule has 2 aromatic carbocycles. The van der Waals surface area contributed by atoms with E-state index in [1.54, 1.807) is 12.1 Å². The van der Waals surface area contributed by atoms with Crippen LogP contribution in [0, 0.1) is 0 Å². The molecule has 0 unspecified atom stereocenters. The molecule has 0 heterocycles. The van der Waals surface area contributed by atoms with Crippen LogP contribution in [-0.2, 0) is 16.9 Å². The maximum Gasteiger partial charge on any atom is 1.00 e. The molecule has 0 bridgehead atoms. The molecule has 21 heavy (non-hydrogen) atoms. The molecule has 106 valence electrons. The smallest absolute Gasteiger partial charge is 0.730 e. The summed E-state index contributed by atoms with van der Waals surface area (Å²) in [7, 11) is -4.70. The average molecular weight is 316 g/mol. The van der Waals surface area contributed by atoms with Crippen LogP contribution in [0.3, 0.4) is 0 Å². The van der Waals surface area contributed by atoms with Crippen molar-refractivity contribution in [1.29, 1.82) is 0 Å². The molecule has 8 heteroatoms. The molecule has 0 atom stereocenters. The van der Waals surface area contributed by atoms with Gasteiger partial charge >= 0.3 is 29.6 Å². The summed E-state index contributed by atoms with van der Waals surface area (Å²) in [6.45, 7) is 0.395. The number of hydrazine groups is 1. The predicted molar refractivity (Wildman–Crippen MR) is 73.6 cm³/mol. The number of ether oxygens (including phenoxy) is 1. The number of nitrogens with two attached hydrogens (primary N) is 1. The van der Waals surface area contributed by atoms with Crippen LogP contribution >= 0.6 is 0 Å². The van der Waals surface area contributed by atoms with Gasteiger partial charge in [-0.05, 0) is 29.8 Å². The molecule has 0 radical (unpaired) electrons. The van der Waals surface area contributed by atoms with Gasteiger partial charge in [-0.3, -0.25) is 0 Å². The topological polar surface area (TPSA) is 95.7 Å². The molecule has 0 aliphatic rings. The van der Waals surface area contributed by atoms with Crippen molar-refractivity contribution in [2.45, 2.75) is 6.61 Å². The average Bonchev–Trinajstić information content (AvgIpc) is 2.45. The Labute approximate surface area is 145 Å². The van der Waals surface area contributed by atoms with E-state index in [1.807, 2.05) is 30.3 Å². The summed E-state index contributed by atoms with van der Waals surface area (Å²) in [4.78, 5) is 0. The molecule has 2 N–H and O–H groups in total. The van der Waals surface area contributed by atoms with Gasteiger partial charge in [-0.15, -0.1) is 0 Å². The summed E-state index contributed by atoms with van der Waals surface area (Å²) in [6.07, 6.45) is 0. The molecule has 0 saturated carbocycles. The molecule has 0 saturated heterocycles. The van der Waals surface area contributed by atoms with E-state index >= 15 is 0 Å². The summed E-state index contributed by atoms with van der Waals surface area (Å²) in [5.41, 5.74) is 1.09. The Balaban J connectivity index is 0.00000220. The molecular formula is C13H13N2NaO4S. The van der Waals surface area contributed by atoms with Gasteiger partial charge in [-0.1, -0.05) is 30.3 Å². The quantitative estimate of drug-likeness (QED) is 0.310. The van der Waals surface area contributed by atoms with Gasteiger partial charge in [0, 0.05) is 0 Å². The van der Waals surface area contributed by atoms with E-state index in [9.17, 15) is 13.0 Å². The van der Waals surface area contributed by atoms with Crippen molar-refractivity contribution >= 4 is 16.0 Å². The normalized spacial score (nSPS) is 10.6. The van der Waals surface area contributed by atoms with E-state index in [4.69, 9.17) is 10.6 Å².